The van der Waals surface area contributed by atoms with Gasteiger partial charge < -0.3 is 15.4 Å². The molecule has 3 rings (SSSR count). The number of nitrogens with two attached hydrogens (primary N) is 1. The fourth-order valence-corrected chi connectivity index (χ4v) is 2.66. The Morgan fingerprint density at radius 1 is 1.10 bits per heavy atom. The minimum atomic E-state index is -0.588. The first-order valence-corrected chi connectivity index (χ1v) is 6.88. The molecule has 2 unspecified atom stereocenters. The van der Waals surface area contributed by atoms with Crippen LogP contribution < -0.4 is 10.6 Å². The normalized spacial score (nSPS) is 21.2. The van der Waals surface area contributed by atoms with Crippen LogP contribution in [0.15, 0.2) is 59.6 Å². The zero-order valence-electron chi connectivity index (χ0n) is 11.8. The average Bonchev–Trinajstić information content (AvgIpc) is 2.64. The van der Waals surface area contributed by atoms with Crippen LogP contribution in [-0.2, 0) is 4.79 Å². The van der Waals surface area contributed by atoms with Crippen molar-refractivity contribution in [3.05, 3.63) is 65.7 Å². The van der Waals surface area contributed by atoms with Gasteiger partial charge in [-0.05, 0) is 6.07 Å². The number of anilines is 1. The minimum absolute atomic E-state index is 0.465. The van der Waals surface area contributed by atoms with Gasteiger partial charge in [-0.3, -0.25) is 4.99 Å². The van der Waals surface area contributed by atoms with Crippen LogP contribution in [0.3, 0.4) is 0 Å². The number of rotatable bonds is 2. The molecule has 106 valence electrons. The van der Waals surface area contributed by atoms with Gasteiger partial charge in [-0.1, -0.05) is 48.5 Å². The Balaban J connectivity index is 2.23. The molecule has 2 atom stereocenters. The highest BCUT2D eigenvalue weighted by atomic mass is 16.1. The summed E-state index contributed by atoms with van der Waals surface area (Å²) in [6.07, 6.45) is 0.272. The Kier molecular flexibility index (Phi) is 3.54. The first-order valence-electron chi connectivity index (χ1n) is 6.88. The van der Waals surface area contributed by atoms with Crippen LogP contribution in [0.4, 0.5) is 5.69 Å². The van der Waals surface area contributed by atoms with E-state index in [4.69, 9.17) is 5.73 Å². The summed E-state index contributed by atoms with van der Waals surface area (Å²) in [4.78, 5) is 17.9. The van der Waals surface area contributed by atoms with Gasteiger partial charge in [0.05, 0.1) is 5.71 Å². The quantitative estimate of drug-likeness (QED) is 0.853. The van der Waals surface area contributed by atoms with Gasteiger partial charge in [-0.2, -0.15) is 0 Å². The van der Waals surface area contributed by atoms with E-state index in [1.54, 1.807) is 0 Å². The summed E-state index contributed by atoms with van der Waals surface area (Å²) >= 11 is 0. The van der Waals surface area contributed by atoms with Crippen molar-refractivity contribution in [2.45, 2.75) is 12.2 Å². The molecule has 1 heterocycles. The first kappa shape index (κ1) is 13.5. The molecule has 0 radical (unpaired) electrons. The maximum absolute atomic E-state index is 11.4. The van der Waals surface area contributed by atoms with Crippen molar-refractivity contribution in [1.29, 1.82) is 0 Å². The average molecular weight is 279 g/mol. The molecule has 0 saturated heterocycles. The maximum atomic E-state index is 11.4. The number of carbonyl (C=O) groups is 1. The lowest BCUT2D eigenvalue weighted by Gasteiger charge is -2.27. The van der Waals surface area contributed by atoms with E-state index in [1.807, 2.05) is 66.5 Å². The Morgan fingerprint density at radius 2 is 1.76 bits per heavy atom. The number of likely N-dealkylation sites (N-methyl/N-ethyl adjacent to an activating group) is 1. The van der Waals surface area contributed by atoms with Crippen LogP contribution in [0.5, 0.6) is 0 Å². The van der Waals surface area contributed by atoms with Crippen molar-refractivity contribution in [2.24, 2.45) is 10.7 Å². The number of para-hydroxylation sites is 1. The highest BCUT2D eigenvalue weighted by Crippen LogP contribution is 2.28. The van der Waals surface area contributed by atoms with Crippen molar-refractivity contribution in [2.75, 3.05) is 11.9 Å². The summed E-state index contributed by atoms with van der Waals surface area (Å²) in [6.45, 7) is 0. The zero-order chi connectivity index (χ0) is 14.8. The van der Waals surface area contributed by atoms with E-state index in [1.165, 1.54) is 0 Å². The molecule has 2 aromatic rings. The molecular formula is C17H17N3O. The van der Waals surface area contributed by atoms with Gasteiger partial charge in [0.1, 0.15) is 18.5 Å². The summed E-state index contributed by atoms with van der Waals surface area (Å²) in [6, 6.07) is 17.4. The van der Waals surface area contributed by atoms with Gasteiger partial charge >= 0.3 is 0 Å². The van der Waals surface area contributed by atoms with E-state index in [2.05, 4.69) is 4.99 Å². The molecule has 21 heavy (non-hydrogen) atoms. The van der Waals surface area contributed by atoms with Crippen LogP contribution in [0.25, 0.3) is 0 Å². The summed E-state index contributed by atoms with van der Waals surface area (Å²) in [7, 11) is 1.88. The Labute approximate surface area is 123 Å². The summed E-state index contributed by atoms with van der Waals surface area (Å²) < 4.78 is 0. The number of hydrogen-bond acceptors (Lipinski definition) is 4. The standard InChI is InChI=1S/C17H17N3O/c1-20-14-10-6-5-9-13(14)16(12-7-3-2-4-8-12)19-17(18)15(20)11-21/h2-11,15,17H,18H2,1H3. The number of hydrogen-bond donors (Lipinski definition) is 1. The molecule has 4 nitrogen and oxygen atoms in total. The van der Waals surface area contributed by atoms with E-state index >= 15 is 0 Å². The Bertz CT molecular complexity index is 681. The molecule has 0 spiro atoms. The largest absolute Gasteiger partial charge is 0.361 e. The molecule has 0 amide bonds. The lowest BCUT2D eigenvalue weighted by Crippen LogP contribution is -2.45. The number of fused-ring (bicyclic) bond motifs is 1. The summed E-state index contributed by atoms with van der Waals surface area (Å²) in [5.41, 5.74) is 9.91. The number of benzene rings is 2. The zero-order valence-corrected chi connectivity index (χ0v) is 11.8. The fraction of sp³-hybridized carbons (Fsp3) is 0.176. The van der Waals surface area contributed by atoms with Gasteiger partial charge in [0.15, 0.2) is 0 Å². The highest BCUT2D eigenvalue weighted by molar-refractivity contribution is 6.16. The highest BCUT2D eigenvalue weighted by Gasteiger charge is 2.28. The van der Waals surface area contributed by atoms with Gasteiger partial charge in [0.2, 0.25) is 0 Å². The van der Waals surface area contributed by atoms with Crippen LogP contribution in [0.1, 0.15) is 11.1 Å². The molecule has 0 saturated carbocycles. The topological polar surface area (TPSA) is 58.7 Å². The summed E-state index contributed by atoms with van der Waals surface area (Å²) in [5.74, 6) is 0. The van der Waals surface area contributed by atoms with Gasteiger partial charge in [-0.15, -0.1) is 0 Å². The molecule has 2 aromatic carbocycles. The SMILES string of the molecule is CN1c2ccccc2C(c2ccccc2)=NC(N)C1C=O. The molecule has 1 aliphatic heterocycles. The Hall–Kier alpha value is -2.46. The third kappa shape index (κ3) is 2.34. The van der Waals surface area contributed by atoms with E-state index in [0.29, 0.717) is 0 Å². The fourth-order valence-electron chi connectivity index (χ4n) is 2.66. The summed E-state index contributed by atoms with van der Waals surface area (Å²) in [5, 5.41) is 0. The predicted octanol–water partition coefficient (Wildman–Crippen LogP) is 1.83. The minimum Gasteiger partial charge on any atom is -0.361 e. The van der Waals surface area contributed by atoms with Crippen molar-refractivity contribution >= 4 is 17.7 Å². The molecule has 0 aliphatic carbocycles. The van der Waals surface area contributed by atoms with Crippen LogP contribution in [-0.4, -0.2) is 31.3 Å². The molecule has 0 aromatic heterocycles. The third-order valence-corrected chi connectivity index (χ3v) is 3.80. The van der Waals surface area contributed by atoms with Gasteiger partial charge in [-0.25, -0.2) is 0 Å². The third-order valence-electron chi connectivity index (χ3n) is 3.80. The van der Waals surface area contributed by atoms with E-state index in [9.17, 15) is 4.79 Å². The van der Waals surface area contributed by atoms with Gasteiger partial charge in [0, 0.05) is 23.9 Å². The Morgan fingerprint density at radius 3 is 2.48 bits per heavy atom. The van der Waals surface area contributed by atoms with Crippen LogP contribution in [0, 0.1) is 0 Å². The van der Waals surface area contributed by atoms with E-state index < -0.39 is 12.2 Å². The van der Waals surface area contributed by atoms with E-state index in [0.717, 1.165) is 28.8 Å². The van der Waals surface area contributed by atoms with Crippen LogP contribution in [0.2, 0.25) is 0 Å². The lowest BCUT2D eigenvalue weighted by molar-refractivity contribution is -0.109. The predicted molar refractivity (Wildman–Crippen MR) is 84.8 cm³/mol. The molecule has 1 aliphatic rings. The lowest BCUT2D eigenvalue weighted by atomic mass is 10.0. The van der Waals surface area contributed by atoms with E-state index in [-0.39, 0.29) is 0 Å². The second-order valence-electron chi connectivity index (χ2n) is 5.09. The van der Waals surface area contributed by atoms with Crippen molar-refractivity contribution in [1.82, 2.24) is 0 Å². The molecule has 0 bridgehead atoms. The van der Waals surface area contributed by atoms with Crippen LogP contribution >= 0.6 is 0 Å². The number of aliphatic imine (C=N–C) groups is 1. The maximum Gasteiger partial charge on any atom is 0.145 e. The number of aldehydes is 1. The molecule has 2 N–H and O–H groups in total. The molecule has 0 fully saturated rings. The molecular weight excluding hydrogens is 262 g/mol. The number of nitrogens with zero attached hydrogens (tertiary/aromatic N) is 2. The van der Waals surface area contributed by atoms with Gasteiger partial charge in [0.25, 0.3) is 0 Å². The number of benzodiazepines with no additional fused rings is 1. The second kappa shape index (κ2) is 5.50. The van der Waals surface area contributed by atoms with Crippen molar-refractivity contribution in [3.63, 3.8) is 0 Å². The van der Waals surface area contributed by atoms with Crippen molar-refractivity contribution in [3.8, 4) is 0 Å². The monoisotopic (exact) mass is 279 g/mol. The first-order chi connectivity index (χ1) is 10.2. The van der Waals surface area contributed by atoms with Crippen molar-refractivity contribution < 1.29 is 4.79 Å². The molecule has 4 heteroatoms. The smallest absolute Gasteiger partial charge is 0.145 e. The number of carbonyl (C=O) groups excluding carboxylic acids is 1. The second-order valence-corrected chi connectivity index (χ2v) is 5.09.